The summed E-state index contributed by atoms with van der Waals surface area (Å²) in [5.41, 5.74) is 1.88. The van der Waals surface area contributed by atoms with Gasteiger partial charge in [-0.3, -0.25) is 4.98 Å². The van der Waals surface area contributed by atoms with Crippen molar-refractivity contribution in [1.82, 2.24) is 10.1 Å². The number of nitrogens with zero attached hydrogens (tertiary/aromatic N) is 2. The third kappa shape index (κ3) is 7.20. The third-order valence-corrected chi connectivity index (χ3v) is 6.29. The summed E-state index contributed by atoms with van der Waals surface area (Å²) >= 11 is 12.7. The first-order chi connectivity index (χ1) is 17.8. The van der Waals surface area contributed by atoms with Gasteiger partial charge in [0, 0.05) is 35.5 Å². The molecule has 2 heterocycles. The molecule has 4 rings (SSSR count). The van der Waals surface area contributed by atoms with E-state index in [-0.39, 0.29) is 17.1 Å². The molecule has 0 radical (unpaired) electrons. The fourth-order valence-electron chi connectivity index (χ4n) is 3.81. The van der Waals surface area contributed by atoms with Crippen LogP contribution in [0.4, 0.5) is 8.78 Å². The van der Waals surface area contributed by atoms with Crippen LogP contribution in [0.3, 0.4) is 0 Å². The van der Waals surface area contributed by atoms with Gasteiger partial charge in [0.15, 0.2) is 0 Å². The van der Waals surface area contributed by atoms with Crippen LogP contribution in [0.5, 0.6) is 11.5 Å². The van der Waals surface area contributed by atoms with E-state index in [0.717, 1.165) is 49.5 Å². The lowest BCUT2D eigenvalue weighted by Crippen LogP contribution is -2.05. The molecule has 196 valence electrons. The second kappa shape index (κ2) is 12.4. The van der Waals surface area contributed by atoms with Gasteiger partial charge in [-0.1, -0.05) is 40.5 Å². The van der Waals surface area contributed by atoms with Gasteiger partial charge in [-0.05, 0) is 50.7 Å². The number of rotatable bonds is 13. The molecule has 11 heteroatoms. The summed E-state index contributed by atoms with van der Waals surface area (Å²) < 4.78 is 40.5. The zero-order chi connectivity index (χ0) is 26.4. The summed E-state index contributed by atoms with van der Waals surface area (Å²) in [4.78, 5) is 15.2. The molecule has 3 aromatic rings. The van der Waals surface area contributed by atoms with E-state index in [1.165, 1.54) is 24.5 Å². The van der Waals surface area contributed by atoms with Crippen LogP contribution >= 0.6 is 23.2 Å². The number of pyridine rings is 1. The Balaban J connectivity index is 1.30. The Morgan fingerprint density at radius 1 is 1.14 bits per heavy atom. The van der Waals surface area contributed by atoms with E-state index in [0.29, 0.717) is 40.2 Å². The smallest absolute Gasteiger partial charge is 0.387 e. The Bertz CT molecular complexity index is 1260. The molecule has 1 aliphatic rings. The van der Waals surface area contributed by atoms with Gasteiger partial charge in [0.1, 0.15) is 23.0 Å². The van der Waals surface area contributed by atoms with Crippen molar-refractivity contribution in [3.8, 4) is 22.8 Å². The highest BCUT2D eigenvalue weighted by molar-refractivity contribution is 6.39. The minimum Gasteiger partial charge on any atom is -0.493 e. The van der Waals surface area contributed by atoms with Crippen molar-refractivity contribution in [2.24, 2.45) is 0 Å². The van der Waals surface area contributed by atoms with E-state index in [1.54, 1.807) is 0 Å². The zero-order valence-corrected chi connectivity index (χ0v) is 21.1. The monoisotopic (exact) mass is 552 g/mol. The molecular formula is C26H24Cl2F2N2O5. The lowest BCUT2D eigenvalue weighted by molar-refractivity contribution is -0.0500. The fourth-order valence-corrected chi connectivity index (χ4v) is 4.35. The summed E-state index contributed by atoms with van der Waals surface area (Å²) in [5.74, 6) is -0.170. The highest BCUT2D eigenvalue weighted by Crippen LogP contribution is 2.46. The number of allylic oxidation sites excluding steroid dienone is 1. The number of aromatic carboxylic acids is 1. The molecule has 0 bridgehead atoms. The third-order valence-electron chi connectivity index (χ3n) is 5.71. The van der Waals surface area contributed by atoms with Crippen molar-refractivity contribution in [2.45, 2.75) is 51.1 Å². The number of hydrogen-bond donors (Lipinski definition) is 1. The van der Waals surface area contributed by atoms with E-state index in [1.807, 2.05) is 6.08 Å². The SMILES string of the molecule is O=C(O)c1cc(OCCCCC/C=C/c2c(-c3c(Cl)cncc3Cl)noc2C2CC2)cc(OC(F)F)c1. The second-order valence-electron chi connectivity index (χ2n) is 8.54. The highest BCUT2D eigenvalue weighted by Gasteiger charge is 2.32. The van der Waals surface area contributed by atoms with Crippen LogP contribution in [0, 0.1) is 0 Å². The van der Waals surface area contributed by atoms with Crippen LogP contribution in [0.15, 0.2) is 41.2 Å². The Kier molecular flexibility index (Phi) is 9.00. The van der Waals surface area contributed by atoms with E-state index >= 15 is 0 Å². The van der Waals surface area contributed by atoms with Gasteiger partial charge in [-0.2, -0.15) is 8.78 Å². The summed E-state index contributed by atoms with van der Waals surface area (Å²) in [7, 11) is 0. The molecule has 0 spiro atoms. The first-order valence-corrected chi connectivity index (χ1v) is 12.5. The van der Waals surface area contributed by atoms with E-state index in [9.17, 15) is 13.6 Å². The van der Waals surface area contributed by atoms with Crippen LogP contribution in [-0.2, 0) is 0 Å². The molecule has 1 N–H and O–H groups in total. The molecule has 7 nitrogen and oxygen atoms in total. The minimum absolute atomic E-state index is 0.163. The van der Waals surface area contributed by atoms with E-state index < -0.39 is 12.6 Å². The van der Waals surface area contributed by atoms with Crippen LogP contribution in [0.1, 0.15) is 66.1 Å². The maximum Gasteiger partial charge on any atom is 0.387 e. The van der Waals surface area contributed by atoms with Gasteiger partial charge in [0.25, 0.3) is 0 Å². The average Bonchev–Trinajstić information content (AvgIpc) is 3.61. The number of aromatic nitrogens is 2. The first-order valence-electron chi connectivity index (χ1n) is 11.7. The van der Waals surface area contributed by atoms with Crippen molar-refractivity contribution in [1.29, 1.82) is 0 Å². The van der Waals surface area contributed by atoms with Gasteiger partial charge in [0.2, 0.25) is 0 Å². The molecule has 1 fully saturated rings. The lowest BCUT2D eigenvalue weighted by atomic mass is 10.0. The standard InChI is InChI=1S/C26H24Cl2F2N2O5/c27-20-13-31-14-21(28)22(20)23-19(24(37-32-23)15-7-8-15)6-4-2-1-3-5-9-35-17-10-16(25(33)34)11-18(12-17)36-26(29)30/h4,6,10-15,26H,1-3,5,7-9H2,(H,33,34)/b6-4+. The van der Waals surface area contributed by atoms with Crippen LogP contribution in [0.2, 0.25) is 10.0 Å². The van der Waals surface area contributed by atoms with Crippen molar-refractivity contribution in [3.05, 3.63) is 63.6 Å². The molecule has 0 aliphatic heterocycles. The molecule has 0 unspecified atom stereocenters. The largest absolute Gasteiger partial charge is 0.493 e. The van der Waals surface area contributed by atoms with Crippen LogP contribution in [0.25, 0.3) is 17.3 Å². The maximum atomic E-state index is 12.5. The van der Waals surface area contributed by atoms with E-state index in [4.69, 9.17) is 37.6 Å². The minimum atomic E-state index is -3.06. The molecule has 2 aromatic heterocycles. The molecule has 0 saturated heterocycles. The Morgan fingerprint density at radius 3 is 2.54 bits per heavy atom. The fraction of sp³-hybridized carbons (Fsp3) is 0.346. The molecule has 1 aromatic carbocycles. The maximum absolute atomic E-state index is 12.5. The average molecular weight is 553 g/mol. The van der Waals surface area contributed by atoms with Crippen molar-refractivity contribution < 1.29 is 32.7 Å². The number of unbranched alkanes of at least 4 members (excludes halogenated alkanes) is 3. The number of hydrogen-bond acceptors (Lipinski definition) is 6. The number of ether oxygens (including phenoxy) is 2. The molecule has 1 saturated carbocycles. The molecule has 1 aliphatic carbocycles. The van der Waals surface area contributed by atoms with Gasteiger partial charge >= 0.3 is 12.6 Å². The number of alkyl halides is 2. The van der Waals surface area contributed by atoms with Gasteiger partial charge in [0.05, 0.1) is 22.2 Å². The Labute approximate surface area is 222 Å². The second-order valence-corrected chi connectivity index (χ2v) is 9.35. The Morgan fingerprint density at radius 2 is 1.86 bits per heavy atom. The zero-order valence-electron chi connectivity index (χ0n) is 19.6. The summed E-state index contributed by atoms with van der Waals surface area (Å²) in [6, 6.07) is 3.55. The number of carbonyl (C=O) groups is 1. The summed E-state index contributed by atoms with van der Waals surface area (Å²) in [6.45, 7) is -2.75. The van der Waals surface area contributed by atoms with Crippen LogP contribution in [-0.4, -0.2) is 34.4 Å². The van der Waals surface area contributed by atoms with Gasteiger partial charge in [-0.25, -0.2) is 4.79 Å². The van der Waals surface area contributed by atoms with Crippen molar-refractivity contribution in [3.63, 3.8) is 0 Å². The van der Waals surface area contributed by atoms with Crippen molar-refractivity contribution in [2.75, 3.05) is 6.61 Å². The summed E-state index contributed by atoms with van der Waals surface area (Å²) in [5, 5.41) is 14.2. The predicted octanol–water partition coefficient (Wildman–Crippen LogP) is 7.87. The number of halogens is 4. The molecule has 0 atom stereocenters. The predicted molar refractivity (Wildman–Crippen MR) is 135 cm³/mol. The first kappa shape index (κ1) is 26.9. The Hall–Kier alpha value is -3.17. The number of carboxylic acid groups (broad SMARTS) is 1. The highest BCUT2D eigenvalue weighted by atomic mass is 35.5. The quantitative estimate of drug-likeness (QED) is 0.215. The molecule has 37 heavy (non-hydrogen) atoms. The molecule has 0 amide bonds. The van der Waals surface area contributed by atoms with Gasteiger partial charge in [-0.15, -0.1) is 0 Å². The number of carboxylic acids is 1. The summed E-state index contributed by atoms with van der Waals surface area (Å²) in [6.07, 6.45) is 12.4. The van der Waals surface area contributed by atoms with Crippen LogP contribution < -0.4 is 9.47 Å². The number of benzene rings is 1. The topological polar surface area (TPSA) is 94.7 Å². The molecular weight excluding hydrogens is 529 g/mol. The normalized spacial score (nSPS) is 13.4. The van der Waals surface area contributed by atoms with Crippen molar-refractivity contribution >= 4 is 35.2 Å². The van der Waals surface area contributed by atoms with E-state index in [2.05, 4.69) is 21.0 Å². The lowest BCUT2D eigenvalue weighted by Gasteiger charge is -2.10. The van der Waals surface area contributed by atoms with Gasteiger partial charge < -0.3 is 19.1 Å².